The van der Waals surface area contributed by atoms with Crippen LogP contribution in [-0.4, -0.2) is 59.4 Å². The molecular weight excluding hydrogens is 364 g/mol. The molecule has 1 amide bonds. The Balaban J connectivity index is 2.27. The second-order valence-electron chi connectivity index (χ2n) is 4.71. The molecule has 0 spiro atoms. The fraction of sp³-hybridized carbons (Fsp3) is 0.417. The number of carboxylic acid groups (broad SMARTS) is 1. The molecule has 1 aromatic rings. The van der Waals surface area contributed by atoms with Crippen LogP contribution >= 0.6 is 15.9 Å². The van der Waals surface area contributed by atoms with Crippen LogP contribution in [0.25, 0.3) is 0 Å². The van der Waals surface area contributed by atoms with Crippen molar-refractivity contribution < 1.29 is 23.1 Å². The molecule has 21 heavy (non-hydrogen) atoms. The van der Waals surface area contributed by atoms with E-state index in [-0.39, 0.29) is 23.7 Å². The first kappa shape index (κ1) is 15.9. The molecular formula is C12H13BrN2O5S. The minimum absolute atomic E-state index is 0.0205. The molecule has 114 valence electrons. The zero-order valence-corrected chi connectivity index (χ0v) is 13.3. The van der Waals surface area contributed by atoms with Gasteiger partial charge in [-0.15, -0.1) is 0 Å². The molecule has 1 N–H and O–H groups in total. The summed E-state index contributed by atoms with van der Waals surface area (Å²) in [5, 5.41) is 8.89. The summed E-state index contributed by atoms with van der Waals surface area (Å²) < 4.78 is 23.8. The summed E-state index contributed by atoms with van der Waals surface area (Å²) in [6, 6.07) is 3.94. The molecule has 2 rings (SSSR count). The van der Waals surface area contributed by atoms with E-state index in [1.807, 2.05) is 0 Å². The summed E-state index contributed by atoms with van der Waals surface area (Å²) >= 11 is 3.16. The largest absolute Gasteiger partial charge is 0.481 e. The van der Waals surface area contributed by atoms with Gasteiger partial charge in [0.05, 0.1) is 24.0 Å². The molecule has 0 saturated carbocycles. The maximum absolute atomic E-state index is 12.4. The highest BCUT2D eigenvalue weighted by Crippen LogP contribution is 2.18. The van der Waals surface area contributed by atoms with E-state index in [4.69, 9.17) is 5.11 Å². The van der Waals surface area contributed by atoms with E-state index in [0.29, 0.717) is 4.60 Å². The summed E-state index contributed by atoms with van der Waals surface area (Å²) in [5.74, 6) is -2.10. The molecule has 1 aromatic heterocycles. The minimum atomic E-state index is -3.32. The maximum Gasteiger partial charge on any atom is 0.305 e. The van der Waals surface area contributed by atoms with Gasteiger partial charge in [-0.25, -0.2) is 13.4 Å². The van der Waals surface area contributed by atoms with E-state index in [1.54, 1.807) is 12.1 Å². The predicted octanol–water partition coefficient (Wildman–Crippen LogP) is 0.558. The number of sulfone groups is 1. The van der Waals surface area contributed by atoms with Crippen molar-refractivity contribution in [2.24, 2.45) is 0 Å². The lowest BCUT2D eigenvalue weighted by molar-refractivity contribution is -0.138. The number of hydrogen-bond donors (Lipinski definition) is 1. The van der Waals surface area contributed by atoms with Crippen LogP contribution in [0.4, 0.5) is 0 Å². The molecule has 1 atom stereocenters. The van der Waals surface area contributed by atoms with E-state index in [1.165, 1.54) is 11.0 Å². The van der Waals surface area contributed by atoms with Crippen molar-refractivity contribution in [2.75, 3.05) is 18.1 Å². The smallest absolute Gasteiger partial charge is 0.305 e. The molecule has 0 bridgehead atoms. The van der Waals surface area contributed by atoms with Gasteiger partial charge in [0.1, 0.15) is 10.3 Å². The number of rotatable bonds is 3. The summed E-state index contributed by atoms with van der Waals surface area (Å²) in [4.78, 5) is 28.6. The fourth-order valence-electron chi connectivity index (χ4n) is 2.20. The number of carboxylic acids is 1. The topological polar surface area (TPSA) is 105 Å². The Bertz CT molecular complexity index is 676. The summed E-state index contributed by atoms with van der Waals surface area (Å²) in [6.45, 7) is -0.0205. The summed E-state index contributed by atoms with van der Waals surface area (Å²) in [7, 11) is -3.32. The van der Waals surface area contributed by atoms with Crippen LogP contribution in [0.1, 0.15) is 16.9 Å². The molecule has 1 aliphatic heterocycles. The van der Waals surface area contributed by atoms with Gasteiger partial charge in [0.15, 0.2) is 9.84 Å². The van der Waals surface area contributed by atoms with Gasteiger partial charge in [0.2, 0.25) is 0 Å². The fourth-order valence-corrected chi connectivity index (χ4v) is 4.07. The van der Waals surface area contributed by atoms with Crippen LogP contribution in [0.2, 0.25) is 0 Å². The Morgan fingerprint density at radius 3 is 2.76 bits per heavy atom. The molecule has 2 heterocycles. The van der Waals surface area contributed by atoms with Crippen LogP contribution in [0, 0.1) is 0 Å². The molecule has 0 aliphatic carbocycles. The third-order valence-corrected chi connectivity index (χ3v) is 5.27. The number of aromatic nitrogens is 1. The van der Waals surface area contributed by atoms with Crippen LogP contribution in [0.15, 0.2) is 22.8 Å². The maximum atomic E-state index is 12.4. The van der Waals surface area contributed by atoms with E-state index in [2.05, 4.69) is 20.9 Å². The van der Waals surface area contributed by atoms with Crippen molar-refractivity contribution in [1.29, 1.82) is 0 Å². The normalized spacial score (nSPS) is 21.0. The van der Waals surface area contributed by atoms with Gasteiger partial charge in [-0.05, 0) is 28.1 Å². The monoisotopic (exact) mass is 376 g/mol. The number of pyridine rings is 1. The van der Waals surface area contributed by atoms with Crippen LogP contribution in [0.3, 0.4) is 0 Å². The summed E-state index contributed by atoms with van der Waals surface area (Å²) in [6.07, 6.45) is -0.404. The average molecular weight is 377 g/mol. The van der Waals surface area contributed by atoms with Gasteiger partial charge < -0.3 is 10.0 Å². The van der Waals surface area contributed by atoms with Gasteiger partial charge in [0.25, 0.3) is 5.91 Å². The van der Waals surface area contributed by atoms with E-state index >= 15 is 0 Å². The molecule has 1 fully saturated rings. The number of aliphatic carboxylic acids is 1. The highest BCUT2D eigenvalue weighted by Gasteiger charge is 2.36. The first-order valence-electron chi connectivity index (χ1n) is 6.14. The lowest BCUT2D eigenvalue weighted by Gasteiger charge is -2.34. The zero-order valence-electron chi connectivity index (χ0n) is 10.9. The van der Waals surface area contributed by atoms with Gasteiger partial charge in [-0.3, -0.25) is 9.59 Å². The number of hydrogen-bond acceptors (Lipinski definition) is 5. The Morgan fingerprint density at radius 1 is 1.43 bits per heavy atom. The number of amides is 1. The second kappa shape index (κ2) is 6.10. The van der Waals surface area contributed by atoms with Gasteiger partial charge in [-0.1, -0.05) is 6.07 Å². The van der Waals surface area contributed by atoms with Crippen LogP contribution in [0.5, 0.6) is 0 Å². The lowest BCUT2D eigenvalue weighted by atomic mass is 10.1. The number of carbonyl (C=O) groups is 2. The third kappa shape index (κ3) is 4.01. The van der Waals surface area contributed by atoms with Crippen molar-refractivity contribution >= 4 is 37.6 Å². The Hall–Kier alpha value is -1.48. The van der Waals surface area contributed by atoms with E-state index < -0.39 is 34.2 Å². The molecule has 1 aliphatic rings. The van der Waals surface area contributed by atoms with Gasteiger partial charge >= 0.3 is 5.97 Å². The molecule has 0 radical (unpaired) electrons. The highest BCUT2D eigenvalue weighted by molar-refractivity contribution is 9.10. The molecule has 9 heteroatoms. The number of carbonyl (C=O) groups excluding carboxylic acids is 1. The first-order valence-corrected chi connectivity index (χ1v) is 8.76. The molecule has 1 unspecified atom stereocenters. The Labute approximate surface area is 130 Å². The SMILES string of the molecule is O=C(O)CC1CS(=O)(=O)CCN1C(=O)c1cccc(Br)n1. The molecule has 1 saturated heterocycles. The zero-order chi connectivity index (χ0) is 15.6. The van der Waals surface area contributed by atoms with E-state index in [9.17, 15) is 18.0 Å². The van der Waals surface area contributed by atoms with Crippen LogP contribution < -0.4 is 0 Å². The van der Waals surface area contributed by atoms with Crippen molar-refractivity contribution in [3.8, 4) is 0 Å². The Kier molecular flexibility index (Phi) is 4.62. The van der Waals surface area contributed by atoms with Gasteiger partial charge in [-0.2, -0.15) is 0 Å². The standard InChI is InChI=1S/C12H13BrN2O5S/c13-10-3-1-2-9(14-10)12(18)15-4-5-21(19,20)7-8(15)6-11(16)17/h1-3,8H,4-7H2,(H,16,17). The number of nitrogens with zero attached hydrogens (tertiary/aromatic N) is 2. The molecule has 0 aromatic carbocycles. The van der Waals surface area contributed by atoms with Gasteiger partial charge in [0, 0.05) is 6.54 Å². The quantitative estimate of drug-likeness (QED) is 0.772. The lowest BCUT2D eigenvalue weighted by Crippen LogP contribution is -2.52. The van der Waals surface area contributed by atoms with Crippen LogP contribution in [-0.2, 0) is 14.6 Å². The van der Waals surface area contributed by atoms with Crippen molar-refractivity contribution in [1.82, 2.24) is 9.88 Å². The number of halogens is 1. The van der Waals surface area contributed by atoms with Crippen molar-refractivity contribution in [3.05, 3.63) is 28.5 Å². The Morgan fingerprint density at radius 2 is 2.14 bits per heavy atom. The minimum Gasteiger partial charge on any atom is -0.481 e. The van der Waals surface area contributed by atoms with Crippen molar-refractivity contribution in [3.63, 3.8) is 0 Å². The van der Waals surface area contributed by atoms with E-state index in [0.717, 1.165) is 0 Å². The second-order valence-corrected chi connectivity index (χ2v) is 7.75. The third-order valence-electron chi connectivity index (χ3n) is 3.14. The average Bonchev–Trinajstić information content (AvgIpc) is 2.36. The predicted molar refractivity (Wildman–Crippen MR) is 77.7 cm³/mol. The molecule has 7 nitrogen and oxygen atoms in total. The summed E-state index contributed by atoms with van der Waals surface area (Å²) in [5.41, 5.74) is 0.152. The first-order chi connectivity index (χ1) is 9.78. The van der Waals surface area contributed by atoms with Crippen molar-refractivity contribution in [2.45, 2.75) is 12.5 Å². The highest BCUT2D eigenvalue weighted by atomic mass is 79.9.